The number of fused-ring (bicyclic) bond motifs is 1. The molecular formula is C26H25FN4O6S. The molecule has 12 heteroatoms. The van der Waals surface area contributed by atoms with Gasteiger partial charge in [0, 0.05) is 18.7 Å². The Labute approximate surface area is 218 Å². The van der Waals surface area contributed by atoms with Gasteiger partial charge in [0.15, 0.2) is 11.5 Å². The lowest BCUT2D eigenvalue weighted by atomic mass is 10.1. The van der Waals surface area contributed by atoms with E-state index >= 15 is 4.39 Å². The van der Waals surface area contributed by atoms with Crippen molar-refractivity contribution in [2.75, 3.05) is 24.6 Å². The number of methoxy groups -OCH3 is 1. The summed E-state index contributed by atoms with van der Waals surface area (Å²) in [6.07, 6.45) is 0.756. The van der Waals surface area contributed by atoms with E-state index in [0.717, 1.165) is 9.87 Å². The minimum Gasteiger partial charge on any atom is -0.487 e. The summed E-state index contributed by atoms with van der Waals surface area (Å²) in [5.74, 6) is -1.26. The van der Waals surface area contributed by atoms with E-state index in [9.17, 15) is 13.2 Å². The normalized spacial score (nSPS) is 16.6. The summed E-state index contributed by atoms with van der Waals surface area (Å²) >= 11 is 0. The predicted octanol–water partition coefficient (Wildman–Crippen LogP) is 3.55. The van der Waals surface area contributed by atoms with Gasteiger partial charge in [-0.05, 0) is 48.2 Å². The monoisotopic (exact) mass is 540 g/mol. The number of carbonyl (C=O) groups is 1. The van der Waals surface area contributed by atoms with Crippen molar-refractivity contribution in [3.63, 3.8) is 0 Å². The van der Waals surface area contributed by atoms with E-state index in [2.05, 4.69) is 9.82 Å². The van der Waals surface area contributed by atoms with Gasteiger partial charge in [-0.25, -0.2) is 18.2 Å². The highest BCUT2D eigenvalue weighted by molar-refractivity contribution is 7.91. The van der Waals surface area contributed by atoms with E-state index in [1.807, 2.05) is 30.3 Å². The summed E-state index contributed by atoms with van der Waals surface area (Å²) in [7, 11) is -2.71. The second-order valence-corrected chi connectivity index (χ2v) is 10.1. The van der Waals surface area contributed by atoms with Crippen LogP contribution < -0.4 is 13.8 Å². The lowest BCUT2D eigenvalue weighted by Crippen LogP contribution is -2.31. The number of aromatic nitrogens is 2. The lowest BCUT2D eigenvalue weighted by Gasteiger charge is -2.22. The number of esters is 1. The first-order valence-corrected chi connectivity index (χ1v) is 13.2. The highest BCUT2D eigenvalue weighted by Crippen LogP contribution is 2.40. The molecule has 1 atom stereocenters. The van der Waals surface area contributed by atoms with Crippen LogP contribution in [0.3, 0.4) is 0 Å². The number of hydrogen-bond acceptors (Lipinski definition) is 7. The summed E-state index contributed by atoms with van der Waals surface area (Å²) in [4.78, 5) is 12.0. The van der Waals surface area contributed by atoms with Gasteiger partial charge < -0.3 is 14.2 Å². The highest BCUT2D eigenvalue weighted by atomic mass is 32.2. The summed E-state index contributed by atoms with van der Waals surface area (Å²) < 4.78 is 62.7. The Morgan fingerprint density at radius 1 is 1.16 bits per heavy atom. The highest BCUT2D eigenvalue weighted by Gasteiger charge is 2.39. The number of carbonyl (C=O) groups excluding carboxylic acids is 1. The van der Waals surface area contributed by atoms with Crippen LogP contribution in [0.15, 0.2) is 66.9 Å². The average Bonchev–Trinajstić information content (AvgIpc) is 3.52. The van der Waals surface area contributed by atoms with E-state index in [1.54, 1.807) is 31.3 Å². The van der Waals surface area contributed by atoms with Gasteiger partial charge in [-0.15, -0.1) is 0 Å². The summed E-state index contributed by atoms with van der Waals surface area (Å²) in [5.41, 5.74) is 1.31. The quantitative estimate of drug-likeness (QED) is 0.340. The van der Waals surface area contributed by atoms with E-state index in [1.165, 1.54) is 23.9 Å². The van der Waals surface area contributed by atoms with Gasteiger partial charge in [0.1, 0.15) is 24.3 Å². The minimum absolute atomic E-state index is 0.0470. The molecule has 3 aromatic carbocycles. The SMILES string of the molecule is CCOC(=O)c1ccn(-c2ccc3c(F)c(N4CC(OC)NS4(=O)=O)c(OCc4ccccc4)cc3c2)n1. The Hall–Kier alpha value is -4.00. The van der Waals surface area contributed by atoms with Crippen LogP contribution in [-0.2, 0) is 26.3 Å². The molecule has 2 heterocycles. The number of hydrogen-bond donors (Lipinski definition) is 1. The Morgan fingerprint density at radius 3 is 2.66 bits per heavy atom. The van der Waals surface area contributed by atoms with Gasteiger partial charge in [0.2, 0.25) is 0 Å². The van der Waals surface area contributed by atoms with Crippen molar-refractivity contribution in [2.45, 2.75) is 19.8 Å². The molecule has 0 saturated carbocycles. The fourth-order valence-electron chi connectivity index (χ4n) is 4.17. The molecular weight excluding hydrogens is 515 g/mol. The fourth-order valence-corrected chi connectivity index (χ4v) is 5.54. The van der Waals surface area contributed by atoms with Crippen molar-refractivity contribution >= 4 is 32.6 Å². The molecule has 1 fully saturated rings. The molecule has 1 unspecified atom stereocenters. The summed E-state index contributed by atoms with van der Waals surface area (Å²) in [5, 5.41) is 4.89. The lowest BCUT2D eigenvalue weighted by molar-refractivity contribution is 0.0519. The maximum atomic E-state index is 16.1. The molecule has 5 rings (SSSR count). The van der Waals surface area contributed by atoms with Gasteiger partial charge >= 0.3 is 16.2 Å². The average molecular weight is 541 g/mol. The standard InChI is InChI=1S/C26H25FN4O6S/c1-3-36-26(32)21-11-12-30(28-21)19-9-10-20-18(13-19)14-22(37-16-17-7-5-4-6-8-17)25(24(20)27)31-15-23(35-2)29-38(31,33)34/h4-14,23,29H,3,15-16H2,1-2H3. The van der Waals surface area contributed by atoms with Crippen LogP contribution in [0.2, 0.25) is 0 Å². The van der Waals surface area contributed by atoms with Crippen molar-refractivity contribution in [2.24, 2.45) is 0 Å². The van der Waals surface area contributed by atoms with Crippen molar-refractivity contribution in [1.82, 2.24) is 14.5 Å². The zero-order valence-corrected chi connectivity index (χ0v) is 21.4. The molecule has 10 nitrogen and oxygen atoms in total. The molecule has 198 valence electrons. The van der Waals surface area contributed by atoms with E-state index in [0.29, 0.717) is 11.1 Å². The third-order valence-corrected chi connectivity index (χ3v) is 7.48. The van der Waals surface area contributed by atoms with E-state index in [4.69, 9.17) is 14.2 Å². The molecule has 1 aliphatic heterocycles. The molecule has 0 spiro atoms. The molecule has 4 aromatic rings. The summed E-state index contributed by atoms with van der Waals surface area (Å²) in [6.45, 7) is 1.89. The van der Waals surface area contributed by atoms with Crippen LogP contribution in [0.1, 0.15) is 23.0 Å². The fraction of sp³-hybridized carbons (Fsp3) is 0.231. The number of rotatable bonds is 8. The zero-order valence-electron chi connectivity index (χ0n) is 20.6. The molecule has 0 bridgehead atoms. The maximum absolute atomic E-state index is 16.1. The van der Waals surface area contributed by atoms with Gasteiger partial charge in [-0.1, -0.05) is 30.3 Å². The third kappa shape index (κ3) is 4.93. The van der Waals surface area contributed by atoms with Crippen LogP contribution in [0.5, 0.6) is 5.75 Å². The van der Waals surface area contributed by atoms with Crippen LogP contribution in [-0.4, -0.2) is 50.7 Å². The number of benzene rings is 3. The first kappa shape index (κ1) is 25.6. The molecule has 0 amide bonds. The van der Waals surface area contributed by atoms with E-state index in [-0.39, 0.29) is 42.3 Å². The first-order valence-electron chi connectivity index (χ1n) is 11.8. The number of nitrogens with one attached hydrogen (secondary N) is 1. The smallest absolute Gasteiger partial charge is 0.358 e. The molecule has 38 heavy (non-hydrogen) atoms. The topological polar surface area (TPSA) is 112 Å². The Morgan fingerprint density at radius 2 is 1.95 bits per heavy atom. The largest absolute Gasteiger partial charge is 0.487 e. The Kier molecular flexibility index (Phi) is 7.02. The van der Waals surface area contributed by atoms with Crippen LogP contribution in [0.4, 0.5) is 10.1 Å². The number of halogens is 1. The van der Waals surface area contributed by atoms with Crippen molar-refractivity contribution in [3.8, 4) is 11.4 Å². The molecule has 0 aliphatic carbocycles. The first-order chi connectivity index (χ1) is 18.3. The van der Waals surface area contributed by atoms with Crippen LogP contribution in [0.25, 0.3) is 16.5 Å². The third-order valence-electron chi connectivity index (χ3n) is 6.01. The Bertz CT molecular complexity index is 1590. The van der Waals surface area contributed by atoms with Crippen molar-refractivity contribution in [1.29, 1.82) is 0 Å². The van der Waals surface area contributed by atoms with Crippen LogP contribution in [0, 0.1) is 5.82 Å². The zero-order chi connectivity index (χ0) is 26.9. The van der Waals surface area contributed by atoms with Gasteiger partial charge in [0.25, 0.3) is 0 Å². The minimum atomic E-state index is -4.08. The molecule has 1 aromatic heterocycles. The van der Waals surface area contributed by atoms with Gasteiger partial charge in [-0.2, -0.15) is 18.2 Å². The molecule has 1 aliphatic rings. The number of anilines is 1. The number of ether oxygens (including phenoxy) is 3. The summed E-state index contributed by atoms with van der Waals surface area (Å²) in [6, 6.07) is 17.2. The second-order valence-electron chi connectivity index (χ2n) is 8.46. The maximum Gasteiger partial charge on any atom is 0.358 e. The van der Waals surface area contributed by atoms with E-state index < -0.39 is 28.2 Å². The Balaban J connectivity index is 1.59. The van der Waals surface area contributed by atoms with Crippen LogP contribution >= 0.6 is 0 Å². The molecule has 0 radical (unpaired) electrons. The number of nitrogens with zero attached hydrogens (tertiary/aromatic N) is 3. The van der Waals surface area contributed by atoms with Gasteiger partial charge in [-0.3, -0.25) is 0 Å². The van der Waals surface area contributed by atoms with Crippen molar-refractivity contribution in [3.05, 3.63) is 83.9 Å². The second kappa shape index (κ2) is 10.4. The predicted molar refractivity (Wildman–Crippen MR) is 138 cm³/mol. The molecule has 1 saturated heterocycles. The molecule has 1 N–H and O–H groups in total. The van der Waals surface area contributed by atoms with Gasteiger partial charge in [0.05, 0.1) is 18.8 Å². The van der Waals surface area contributed by atoms with Crippen molar-refractivity contribution < 1.29 is 31.8 Å².